The first-order valence-electron chi connectivity index (χ1n) is 22.2. The minimum absolute atomic E-state index is 0.0907. The second-order valence-electron chi connectivity index (χ2n) is 17.7. The highest BCUT2D eigenvalue weighted by Crippen LogP contribution is 2.51. The van der Waals surface area contributed by atoms with E-state index in [4.69, 9.17) is 9.97 Å². The van der Waals surface area contributed by atoms with E-state index in [2.05, 4.69) is 229 Å². The lowest BCUT2D eigenvalue weighted by atomic mass is 9.81. The molecule has 3 aromatic heterocycles. The van der Waals surface area contributed by atoms with Crippen LogP contribution < -0.4 is 0 Å². The molecule has 0 N–H and O–H groups in total. The van der Waals surface area contributed by atoms with Crippen molar-refractivity contribution in [3.05, 3.63) is 229 Å². The molecular formula is C60H42N4. The molecule has 11 aromatic rings. The fourth-order valence-corrected chi connectivity index (χ4v) is 10.8. The predicted molar refractivity (Wildman–Crippen MR) is 267 cm³/mol. The monoisotopic (exact) mass is 818 g/mol. The number of fused-ring (bicyclic) bond motifs is 10. The number of aromatic nitrogens is 4. The van der Waals surface area contributed by atoms with Crippen molar-refractivity contribution in [1.82, 2.24) is 19.1 Å². The van der Waals surface area contributed by atoms with Crippen LogP contribution in [0.15, 0.2) is 212 Å². The van der Waals surface area contributed by atoms with Gasteiger partial charge in [-0.25, -0.2) is 9.97 Å². The van der Waals surface area contributed by atoms with Crippen molar-refractivity contribution in [2.45, 2.75) is 25.7 Å². The van der Waals surface area contributed by atoms with Gasteiger partial charge >= 0.3 is 0 Å². The zero-order valence-electron chi connectivity index (χ0n) is 35.6. The number of hydrogen-bond donors (Lipinski definition) is 0. The number of benzene rings is 8. The van der Waals surface area contributed by atoms with Crippen molar-refractivity contribution in [3.8, 4) is 34.0 Å². The molecule has 4 nitrogen and oxygen atoms in total. The van der Waals surface area contributed by atoms with Crippen molar-refractivity contribution in [1.29, 1.82) is 0 Å². The Kier molecular flexibility index (Phi) is 7.98. The molecule has 3 heterocycles. The largest absolute Gasteiger partial charge is 0.309 e. The minimum Gasteiger partial charge on any atom is -0.309 e. The van der Waals surface area contributed by atoms with E-state index in [1.165, 1.54) is 55.2 Å². The highest BCUT2D eigenvalue weighted by atomic mass is 15.2. The summed E-state index contributed by atoms with van der Waals surface area (Å²) in [6, 6.07) is 67.9. The molecule has 302 valence electrons. The molecule has 0 bridgehead atoms. The van der Waals surface area contributed by atoms with Gasteiger partial charge in [0.25, 0.3) is 0 Å². The minimum atomic E-state index is -0.0907. The Morgan fingerprint density at radius 3 is 1.94 bits per heavy atom. The molecule has 2 aliphatic rings. The van der Waals surface area contributed by atoms with Crippen LogP contribution in [0.4, 0.5) is 0 Å². The third-order valence-electron chi connectivity index (χ3n) is 13.8. The third-order valence-corrected chi connectivity index (χ3v) is 13.8. The summed E-state index contributed by atoms with van der Waals surface area (Å²) in [5, 5.41) is 5.80. The lowest BCUT2D eigenvalue weighted by molar-refractivity contribution is 0.661. The molecule has 0 amide bonds. The molecule has 8 aromatic carbocycles. The quantitative estimate of drug-likeness (QED) is 0.173. The molecule has 4 heteroatoms. The molecule has 0 saturated carbocycles. The normalized spacial score (nSPS) is 14.4. The Morgan fingerprint density at radius 2 is 1.11 bits per heavy atom. The van der Waals surface area contributed by atoms with E-state index in [-0.39, 0.29) is 5.41 Å². The molecule has 0 saturated heterocycles. The number of nitrogens with zero attached hydrogens (tertiary/aromatic N) is 4. The average molecular weight is 819 g/mol. The van der Waals surface area contributed by atoms with Crippen LogP contribution in [0.25, 0.3) is 99.7 Å². The van der Waals surface area contributed by atoms with E-state index in [1.807, 2.05) is 0 Å². The van der Waals surface area contributed by atoms with E-state index in [1.54, 1.807) is 0 Å². The van der Waals surface area contributed by atoms with Crippen molar-refractivity contribution in [3.63, 3.8) is 0 Å². The van der Waals surface area contributed by atoms with Crippen molar-refractivity contribution >= 4 is 65.7 Å². The van der Waals surface area contributed by atoms with Gasteiger partial charge in [-0.15, -0.1) is 0 Å². The zero-order chi connectivity index (χ0) is 42.5. The molecule has 64 heavy (non-hydrogen) atoms. The summed E-state index contributed by atoms with van der Waals surface area (Å²) in [7, 11) is 0. The molecule has 0 atom stereocenters. The third kappa shape index (κ3) is 5.42. The van der Waals surface area contributed by atoms with Gasteiger partial charge in [-0.3, -0.25) is 4.57 Å². The van der Waals surface area contributed by atoms with Gasteiger partial charge < -0.3 is 4.57 Å². The fourth-order valence-electron chi connectivity index (χ4n) is 10.8. The highest BCUT2D eigenvalue weighted by Gasteiger charge is 2.38. The van der Waals surface area contributed by atoms with Crippen LogP contribution in [0.3, 0.4) is 0 Å². The first-order valence-corrected chi connectivity index (χ1v) is 22.2. The van der Waals surface area contributed by atoms with Gasteiger partial charge in [-0.2, -0.15) is 0 Å². The maximum atomic E-state index is 5.49. The Morgan fingerprint density at radius 1 is 0.469 bits per heavy atom. The van der Waals surface area contributed by atoms with Crippen LogP contribution >= 0.6 is 0 Å². The summed E-state index contributed by atoms with van der Waals surface area (Å²) in [4.78, 5) is 10.9. The SMILES string of the molecule is CC1(C)C2=CC(c3cccc(-c4cccc5c6cc(-n7c8ccccc8c8ccccc87)ccc6n(-c6nc(-c7ccccc7)c7ccccc7n6)c45)c3)=CCC=C2c2ccccc21. The summed E-state index contributed by atoms with van der Waals surface area (Å²) in [5.41, 5.74) is 18.6. The number of para-hydroxylation sites is 4. The highest BCUT2D eigenvalue weighted by molar-refractivity contribution is 6.15. The molecule has 0 fully saturated rings. The Hall–Kier alpha value is -8.08. The zero-order valence-corrected chi connectivity index (χ0v) is 35.6. The molecule has 0 spiro atoms. The number of rotatable bonds is 5. The molecule has 0 aliphatic heterocycles. The van der Waals surface area contributed by atoms with Crippen molar-refractivity contribution in [2.75, 3.05) is 0 Å². The molecule has 2 aliphatic carbocycles. The van der Waals surface area contributed by atoms with Crippen LogP contribution in [0.1, 0.15) is 37.0 Å². The van der Waals surface area contributed by atoms with Gasteiger partial charge in [-0.05, 0) is 93.9 Å². The summed E-state index contributed by atoms with van der Waals surface area (Å²) >= 11 is 0. The number of allylic oxidation sites excluding steroid dienone is 6. The Labute approximate surface area is 371 Å². The molecule has 0 unspecified atom stereocenters. The Bertz CT molecular complexity index is 3780. The first kappa shape index (κ1) is 36.6. The van der Waals surface area contributed by atoms with Gasteiger partial charge in [0.1, 0.15) is 0 Å². The Balaban J connectivity index is 1.05. The van der Waals surface area contributed by atoms with Gasteiger partial charge in [0.2, 0.25) is 5.95 Å². The predicted octanol–water partition coefficient (Wildman–Crippen LogP) is 15.2. The van der Waals surface area contributed by atoms with E-state index >= 15 is 0 Å². The van der Waals surface area contributed by atoms with Gasteiger partial charge in [-0.1, -0.05) is 172 Å². The topological polar surface area (TPSA) is 35.6 Å². The van der Waals surface area contributed by atoms with Gasteiger partial charge in [0.15, 0.2) is 0 Å². The van der Waals surface area contributed by atoms with E-state index in [9.17, 15) is 0 Å². The van der Waals surface area contributed by atoms with Crippen molar-refractivity contribution in [2.24, 2.45) is 0 Å². The summed E-state index contributed by atoms with van der Waals surface area (Å²) < 4.78 is 4.71. The summed E-state index contributed by atoms with van der Waals surface area (Å²) in [6.07, 6.45) is 8.12. The molecule has 0 radical (unpaired) electrons. The maximum absolute atomic E-state index is 5.49. The smallest absolute Gasteiger partial charge is 0.235 e. The van der Waals surface area contributed by atoms with Gasteiger partial charge in [0, 0.05) is 49.2 Å². The van der Waals surface area contributed by atoms with E-state index in [0.29, 0.717) is 5.95 Å². The van der Waals surface area contributed by atoms with Crippen LogP contribution in [0.5, 0.6) is 0 Å². The lowest BCUT2D eigenvalue weighted by Gasteiger charge is -2.22. The summed E-state index contributed by atoms with van der Waals surface area (Å²) in [6.45, 7) is 4.73. The van der Waals surface area contributed by atoms with Crippen molar-refractivity contribution < 1.29 is 0 Å². The van der Waals surface area contributed by atoms with E-state index in [0.717, 1.165) is 67.2 Å². The maximum Gasteiger partial charge on any atom is 0.235 e. The van der Waals surface area contributed by atoms with Crippen LogP contribution in [0.2, 0.25) is 0 Å². The average Bonchev–Trinajstić information content (AvgIpc) is 3.84. The second-order valence-corrected chi connectivity index (χ2v) is 17.7. The van der Waals surface area contributed by atoms with E-state index < -0.39 is 0 Å². The summed E-state index contributed by atoms with van der Waals surface area (Å²) in [5.74, 6) is 0.642. The second kappa shape index (κ2) is 14.0. The van der Waals surface area contributed by atoms with Gasteiger partial charge in [0.05, 0.1) is 33.3 Å². The molecule has 13 rings (SSSR count). The number of hydrogen-bond acceptors (Lipinski definition) is 2. The van der Waals surface area contributed by atoms with Crippen LogP contribution in [-0.2, 0) is 5.41 Å². The first-order chi connectivity index (χ1) is 31.5. The molecular weight excluding hydrogens is 777 g/mol. The van der Waals surface area contributed by atoms with Crippen LogP contribution in [0, 0.1) is 0 Å². The lowest BCUT2D eigenvalue weighted by Crippen LogP contribution is -2.15. The standard InChI is InChI=1S/C60H42N4/c1-60(2)51-29-10-6-22-44(51)45-27-15-20-40(36-52(45)60)39-19-14-21-41(35-39)43-26-16-28-48-50-37-42(63-54-31-12-8-23-46(54)47-24-9-13-32-55(47)63)33-34-56(50)64(58(43)48)59-61-53-30-11-7-25-49(53)57(62-59)38-17-4-3-5-18-38/h3-14,16-37H,15H2,1-2H3. The fraction of sp³-hybridized carbons (Fsp3) is 0.0667. The van der Waals surface area contributed by atoms with Crippen LogP contribution in [-0.4, -0.2) is 19.1 Å².